The van der Waals surface area contributed by atoms with Crippen molar-refractivity contribution in [3.05, 3.63) is 29.8 Å². The molecule has 1 rings (SSSR count). The van der Waals surface area contributed by atoms with Crippen LogP contribution in [0.2, 0.25) is 0 Å². The first kappa shape index (κ1) is 17.0. The van der Waals surface area contributed by atoms with Crippen molar-refractivity contribution in [3.8, 4) is 5.75 Å². The molecule has 0 saturated carbocycles. The van der Waals surface area contributed by atoms with E-state index in [4.69, 9.17) is 9.84 Å². The molecule has 1 aromatic carbocycles. The number of nitrogens with one attached hydrogen (secondary N) is 1. The summed E-state index contributed by atoms with van der Waals surface area (Å²) in [5.74, 6) is -0.0644. The van der Waals surface area contributed by atoms with E-state index < -0.39 is 5.97 Å². The predicted molar refractivity (Wildman–Crippen MR) is 80.5 cm³/mol. The molecular formula is C16H23NO4. The molecule has 0 saturated heterocycles. The van der Waals surface area contributed by atoms with Gasteiger partial charge in [0.1, 0.15) is 5.75 Å². The Morgan fingerprint density at radius 1 is 1.33 bits per heavy atom. The molecule has 0 fully saturated rings. The molecule has 2 atom stereocenters. The lowest BCUT2D eigenvalue weighted by Crippen LogP contribution is -2.33. The Kier molecular flexibility index (Phi) is 6.72. The average molecular weight is 293 g/mol. The average Bonchev–Trinajstić information content (AvgIpc) is 2.45. The Balaban J connectivity index is 2.47. The molecule has 2 unspecified atom stereocenters. The zero-order valence-electron chi connectivity index (χ0n) is 12.8. The molecule has 116 valence electrons. The summed E-state index contributed by atoms with van der Waals surface area (Å²) in [4.78, 5) is 22.4. The van der Waals surface area contributed by atoms with Gasteiger partial charge in [-0.15, -0.1) is 0 Å². The third kappa shape index (κ3) is 6.29. The van der Waals surface area contributed by atoms with Crippen LogP contribution in [0.15, 0.2) is 24.3 Å². The number of carboxylic acid groups (broad SMARTS) is 1. The number of carbonyl (C=O) groups is 2. The number of ether oxygens (including phenoxy) is 1. The van der Waals surface area contributed by atoms with Gasteiger partial charge in [0, 0.05) is 18.9 Å². The summed E-state index contributed by atoms with van der Waals surface area (Å²) in [6.07, 6.45) is 0.867. The summed E-state index contributed by atoms with van der Waals surface area (Å²) in [6.45, 7) is 3.80. The second kappa shape index (κ2) is 8.29. The highest BCUT2D eigenvalue weighted by atomic mass is 16.5. The third-order valence-electron chi connectivity index (χ3n) is 3.35. The Morgan fingerprint density at radius 3 is 2.67 bits per heavy atom. The summed E-state index contributed by atoms with van der Waals surface area (Å²) < 4.78 is 5.17. The van der Waals surface area contributed by atoms with Crippen molar-refractivity contribution in [2.45, 2.75) is 45.1 Å². The lowest BCUT2D eigenvalue weighted by Gasteiger charge is -2.16. The van der Waals surface area contributed by atoms with Gasteiger partial charge in [-0.1, -0.05) is 19.1 Å². The molecule has 2 N–H and O–H groups in total. The first-order chi connectivity index (χ1) is 9.92. The van der Waals surface area contributed by atoms with Crippen molar-refractivity contribution in [2.75, 3.05) is 7.11 Å². The van der Waals surface area contributed by atoms with Crippen molar-refractivity contribution in [2.24, 2.45) is 0 Å². The van der Waals surface area contributed by atoms with Crippen molar-refractivity contribution >= 4 is 11.9 Å². The van der Waals surface area contributed by atoms with Crippen LogP contribution in [-0.2, 0) is 9.59 Å². The van der Waals surface area contributed by atoms with Crippen molar-refractivity contribution in [3.63, 3.8) is 0 Å². The highest BCUT2D eigenvalue weighted by Crippen LogP contribution is 2.23. The molecule has 0 bridgehead atoms. The fraction of sp³-hybridized carbons (Fsp3) is 0.500. The van der Waals surface area contributed by atoms with Crippen LogP contribution in [0.25, 0.3) is 0 Å². The van der Waals surface area contributed by atoms with E-state index in [1.807, 2.05) is 38.1 Å². The van der Waals surface area contributed by atoms with Crippen LogP contribution in [0.3, 0.4) is 0 Å². The Hall–Kier alpha value is -2.04. The molecule has 5 heteroatoms. The van der Waals surface area contributed by atoms with E-state index in [2.05, 4.69) is 5.32 Å². The maximum absolute atomic E-state index is 11.9. The highest BCUT2D eigenvalue weighted by Gasteiger charge is 2.14. The van der Waals surface area contributed by atoms with Crippen LogP contribution in [0.4, 0.5) is 0 Å². The second-order valence-electron chi connectivity index (χ2n) is 5.28. The van der Waals surface area contributed by atoms with Gasteiger partial charge in [0.25, 0.3) is 0 Å². The van der Waals surface area contributed by atoms with Crippen LogP contribution < -0.4 is 10.1 Å². The van der Waals surface area contributed by atoms with E-state index in [9.17, 15) is 9.59 Å². The molecule has 0 spiro atoms. The maximum Gasteiger partial charge on any atom is 0.303 e. The number of amides is 1. The molecule has 0 radical (unpaired) electrons. The SMILES string of the molecule is COc1cccc(C(C)CC(=O)NC(C)CCC(=O)O)c1. The fourth-order valence-electron chi connectivity index (χ4n) is 2.09. The van der Waals surface area contributed by atoms with Crippen LogP contribution >= 0.6 is 0 Å². The summed E-state index contributed by atoms with van der Waals surface area (Å²) in [6, 6.07) is 7.52. The summed E-state index contributed by atoms with van der Waals surface area (Å²) in [5.41, 5.74) is 1.04. The van der Waals surface area contributed by atoms with Gasteiger partial charge in [-0.2, -0.15) is 0 Å². The molecule has 0 heterocycles. The molecule has 0 aromatic heterocycles. The van der Waals surface area contributed by atoms with E-state index in [0.717, 1.165) is 11.3 Å². The Bertz CT molecular complexity index is 487. The zero-order chi connectivity index (χ0) is 15.8. The van der Waals surface area contributed by atoms with Gasteiger partial charge < -0.3 is 15.2 Å². The van der Waals surface area contributed by atoms with Gasteiger partial charge in [0.15, 0.2) is 0 Å². The quantitative estimate of drug-likeness (QED) is 0.772. The van der Waals surface area contributed by atoms with E-state index in [1.165, 1.54) is 0 Å². The minimum atomic E-state index is -0.846. The van der Waals surface area contributed by atoms with Crippen LogP contribution in [-0.4, -0.2) is 30.1 Å². The number of aliphatic carboxylic acids is 1. The number of benzene rings is 1. The van der Waals surface area contributed by atoms with E-state index >= 15 is 0 Å². The monoisotopic (exact) mass is 293 g/mol. The van der Waals surface area contributed by atoms with Crippen LogP contribution in [0, 0.1) is 0 Å². The topological polar surface area (TPSA) is 75.6 Å². The van der Waals surface area contributed by atoms with E-state index in [0.29, 0.717) is 12.8 Å². The van der Waals surface area contributed by atoms with E-state index in [-0.39, 0.29) is 24.3 Å². The molecule has 1 amide bonds. The summed E-state index contributed by atoms with van der Waals surface area (Å²) >= 11 is 0. The summed E-state index contributed by atoms with van der Waals surface area (Å²) in [5, 5.41) is 11.4. The first-order valence-corrected chi connectivity index (χ1v) is 7.07. The molecule has 21 heavy (non-hydrogen) atoms. The van der Waals surface area contributed by atoms with Gasteiger partial charge in [0.05, 0.1) is 7.11 Å². The van der Waals surface area contributed by atoms with Gasteiger partial charge in [-0.3, -0.25) is 9.59 Å². The number of hydrogen-bond acceptors (Lipinski definition) is 3. The van der Waals surface area contributed by atoms with Gasteiger partial charge >= 0.3 is 5.97 Å². The Labute approximate surface area is 125 Å². The van der Waals surface area contributed by atoms with E-state index in [1.54, 1.807) is 7.11 Å². The molecule has 5 nitrogen and oxygen atoms in total. The van der Waals surface area contributed by atoms with Gasteiger partial charge in [-0.25, -0.2) is 0 Å². The highest BCUT2D eigenvalue weighted by molar-refractivity contribution is 5.77. The van der Waals surface area contributed by atoms with Crippen molar-refractivity contribution in [1.29, 1.82) is 0 Å². The molecule has 0 aliphatic rings. The van der Waals surface area contributed by atoms with Crippen LogP contribution in [0.1, 0.15) is 44.6 Å². The van der Waals surface area contributed by atoms with Gasteiger partial charge in [-0.05, 0) is 37.0 Å². The minimum absolute atomic E-state index is 0.0624. The first-order valence-electron chi connectivity index (χ1n) is 7.07. The predicted octanol–water partition coefficient (Wildman–Crippen LogP) is 2.56. The van der Waals surface area contributed by atoms with Gasteiger partial charge in [0.2, 0.25) is 5.91 Å². The summed E-state index contributed by atoms with van der Waals surface area (Å²) in [7, 11) is 1.61. The van der Waals surface area contributed by atoms with Crippen molar-refractivity contribution < 1.29 is 19.4 Å². The fourth-order valence-corrected chi connectivity index (χ4v) is 2.09. The van der Waals surface area contributed by atoms with Crippen molar-refractivity contribution in [1.82, 2.24) is 5.32 Å². The lowest BCUT2D eigenvalue weighted by atomic mass is 9.97. The molecule has 1 aromatic rings. The van der Waals surface area contributed by atoms with Crippen LogP contribution in [0.5, 0.6) is 5.75 Å². The molecule has 0 aliphatic carbocycles. The Morgan fingerprint density at radius 2 is 2.05 bits per heavy atom. The minimum Gasteiger partial charge on any atom is -0.497 e. The zero-order valence-corrected chi connectivity index (χ0v) is 12.8. The standard InChI is InChI=1S/C16H23NO4/c1-11(13-5-4-6-14(10-13)21-3)9-15(18)17-12(2)7-8-16(19)20/h4-6,10-12H,7-9H2,1-3H3,(H,17,18)(H,19,20). The number of methoxy groups -OCH3 is 1. The number of rotatable bonds is 8. The second-order valence-corrected chi connectivity index (χ2v) is 5.28. The normalized spacial score (nSPS) is 13.3. The number of carbonyl (C=O) groups excluding carboxylic acids is 1. The molecular weight excluding hydrogens is 270 g/mol. The number of carboxylic acids is 1. The lowest BCUT2D eigenvalue weighted by molar-refractivity contribution is -0.137. The number of hydrogen-bond donors (Lipinski definition) is 2. The molecule has 0 aliphatic heterocycles. The smallest absolute Gasteiger partial charge is 0.303 e. The largest absolute Gasteiger partial charge is 0.497 e. The maximum atomic E-state index is 11.9. The third-order valence-corrected chi connectivity index (χ3v) is 3.35.